The molecule has 0 aliphatic carbocycles. The second-order valence-electron chi connectivity index (χ2n) is 6.54. The molecule has 1 amide bonds. The number of amides is 1. The number of carbonyl (C=O) groups is 1. The highest BCUT2D eigenvalue weighted by atomic mass is 16.2. The van der Waals surface area contributed by atoms with Crippen LogP contribution < -0.4 is 5.32 Å². The Hall–Kier alpha value is -2.14. The fourth-order valence-corrected chi connectivity index (χ4v) is 3.19. The average Bonchev–Trinajstić information content (AvgIpc) is 2.87. The molecule has 0 spiro atoms. The van der Waals surface area contributed by atoms with E-state index in [2.05, 4.69) is 49.4 Å². The molecule has 23 heavy (non-hydrogen) atoms. The zero-order valence-corrected chi connectivity index (χ0v) is 14.3. The van der Waals surface area contributed by atoms with Gasteiger partial charge in [-0.1, -0.05) is 6.07 Å². The second kappa shape index (κ2) is 6.16. The molecular weight excluding hydrogens is 288 g/mol. The number of carbonyl (C=O) groups excluding carboxylic acids is 1. The number of benzene rings is 1. The third-order valence-electron chi connectivity index (χ3n) is 4.21. The summed E-state index contributed by atoms with van der Waals surface area (Å²) in [5.41, 5.74) is 4.89. The van der Waals surface area contributed by atoms with Gasteiger partial charge in [-0.2, -0.15) is 5.10 Å². The Morgan fingerprint density at radius 1 is 1.17 bits per heavy atom. The summed E-state index contributed by atoms with van der Waals surface area (Å²) in [5.74, 6) is 0.0181. The van der Waals surface area contributed by atoms with Crippen molar-refractivity contribution in [1.82, 2.24) is 20.0 Å². The molecule has 3 rings (SSSR count). The molecule has 2 heterocycles. The van der Waals surface area contributed by atoms with Gasteiger partial charge in [0.05, 0.1) is 5.69 Å². The van der Waals surface area contributed by atoms with Gasteiger partial charge in [0.25, 0.3) is 5.91 Å². The molecule has 1 saturated heterocycles. The Labute approximate surface area is 137 Å². The van der Waals surface area contributed by atoms with Crippen molar-refractivity contribution >= 4 is 5.91 Å². The quantitative estimate of drug-likeness (QED) is 0.925. The van der Waals surface area contributed by atoms with Crippen LogP contribution in [0.3, 0.4) is 0 Å². The number of aromatic nitrogens is 2. The predicted octanol–water partition coefficient (Wildman–Crippen LogP) is 2.23. The van der Waals surface area contributed by atoms with Gasteiger partial charge in [0.15, 0.2) is 5.69 Å². The van der Waals surface area contributed by atoms with Crippen molar-refractivity contribution in [3.63, 3.8) is 0 Å². The van der Waals surface area contributed by atoms with Crippen LogP contribution in [-0.2, 0) is 0 Å². The first-order valence-corrected chi connectivity index (χ1v) is 8.12. The van der Waals surface area contributed by atoms with E-state index in [1.807, 2.05) is 22.6 Å². The normalized spacial score (nSPS) is 18.3. The highest BCUT2D eigenvalue weighted by Gasteiger charge is 2.24. The smallest absolute Gasteiger partial charge is 0.274 e. The predicted molar refractivity (Wildman–Crippen MR) is 91.1 cm³/mol. The van der Waals surface area contributed by atoms with E-state index < -0.39 is 0 Å². The summed E-state index contributed by atoms with van der Waals surface area (Å²) < 4.78 is 1.86. The first-order chi connectivity index (χ1) is 10.9. The van der Waals surface area contributed by atoms with Gasteiger partial charge in [-0.05, 0) is 57.0 Å². The molecule has 1 N–H and O–H groups in total. The Morgan fingerprint density at radius 3 is 2.52 bits per heavy atom. The van der Waals surface area contributed by atoms with Gasteiger partial charge in [-0.3, -0.25) is 4.79 Å². The van der Waals surface area contributed by atoms with Gasteiger partial charge in [-0.15, -0.1) is 0 Å². The van der Waals surface area contributed by atoms with Crippen molar-refractivity contribution in [3.8, 4) is 5.69 Å². The molecular formula is C18H24N4O. The molecule has 5 heteroatoms. The summed E-state index contributed by atoms with van der Waals surface area (Å²) in [5, 5.41) is 7.92. The molecule has 1 aliphatic rings. The number of nitrogens with zero attached hydrogens (tertiary/aromatic N) is 3. The number of rotatable bonds is 2. The van der Waals surface area contributed by atoms with Crippen LogP contribution in [-0.4, -0.2) is 46.3 Å². The van der Waals surface area contributed by atoms with Gasteiger partial charge in [0, 0.05) is 31.4 Å². The Kier molecular flexibility index (Phi) is 4.22. The van der Waals surface area contributed by atoms with Crippen molar-refractivity contribution in [2.24, 2.45) is 0 Å². The summed E-state index contributed by atoms with van der Waals surface area (Å²) in [4.78, 5) is 14.6. The maximum Gasteiger partial charge on any atom is 0.274 e. The summed E-state index contributed by atoms with van der Waals surface area (Å²) in [7, 11) is 0. The number of hydrogen-bond acceptors (Lipinski definition) is 3. The van der Waals surface area contributed by atoms with Crippen LogP contribution in [0.5, 0.6) is 0 Å². The topological polar surface area (TPSA) is 50.2 Å². The standard InChI is InChI=1S/C18H24N4O/c1-12-7-13(2)9-16(8-12)22-15(4)10-17(20-22)18(23)21-6-5-19-14(3)11-21/h7-10,14,19H,5-6,11H2,1-4H3/t14-/m1/s1. The lowest BCUT2D eigenvalue weighted by molar-refractivity contribution is 0.0702. The van der Waals surface area contributed by atoms with Gasteiger partial charge in [-0.25, -0.2) is 4.68 Å². The van der Waals surface area contributed by atoms with E-state index in [0.717, 1.165) is 31.0 Å². The molecule has 2 aromatic rings. The van der Waals surface area contributed by atoms with Crippen molar-refractivity contribution in [3.05, 3.63) is 46.8 Å². The van der Waals surface area contributed by atoms with Crippen molar-refractivity contribution < 1.29 is 4.79 Å². The Balaban J connectivity index is 1.90. The summed E-state index contributed by atoms with van der Waals surface area (Å²) in [6, 6.07) is 8.53. The summed E-state index contributed by atoms with van der Waals surface area (Å²) in [6.07, 6.45) is 0. The number of aryl methyl sites for hydroxylation is 3. The fourth-order valence-electron chi connectivity index (χ4n) is 3.19. The zero-order chi connectivity index (χ0) is 16.6. The van der Waals surface area contributed by atoms with Crippen molar-refractivity contribution in [1.29, 1.82) is 0 Å². The molecule has 0 saturated carbocycles. The first kappa shape index (κ1) is 15.7. The number of piperazine rings is 1. The van der Waals surface area contributed by atoms with Crippen LogP contribution in [0.25, 0.3) is 5.69 Å². The Morgan fingerprint density at radius 2 is 1.87 bits per heavy atom. The van der Waals surface area contributed by atoms with Crippen LogP contribution in [0.15, 0.2) is 24.3 Å². The fraction of sp³-hybridized carbons (Fsp3) is 0.444. The van der Waals surface area contributed by atoms with E-state index in [0.29, 0.717) is 11.7 Å². The third kappa shape index (κ3) is 3.29. The maximum atomic E-state index is 12.7. The Bertz CT molecular complexity index is 714. The minimum Gasteiger partial charge on any atom is -0.334 e. The van der Waals surface area contributed by atoms with Crippen LogP contribution in [0.2, 0.25) is 0 Å². The molecule has 0 radical (unpaired) electrons. The first-order valence-electron chi connectivity index (χ1n) is 8.12. The van der Waals surface area contributed by atoms with Gasteiger partial charge in [0.1, 0.15) is 0 Å². The van der Waals surface area contributed by atoms with Crippen molar-refractivity contribution in [2.45, 2.75) is 33.7 Å². The molecule has 1 aromatic heterocycles. The van der Waals surface area contributed by atoms with E-state index in [9.17, 15) is 4.79 Å². The third-order valence-corrected chi connectivity index (χ3v) is 4.21. The minimum atomic E-state index is 0.0181. The van der Waals surface area contributed by atoms with E-state index in [1.54, 1.807) is 0 Å². The van der Waals surface area contributed by atoms with Crippen LogP contribution >= 0.6 is 0 Å². The largest absolute Gasteiger partial charge is 0.334 e. The molecule has 5 nitrogen and oxygen atoms in total. The van der Waals surface area contributed by atoms with E-state index >= 15 is 0 Å². The molecule has 0 bridgehead atoms. The lowest BCUT2D eigenvalue weighted by Gasteiger charge is -2.31. The lowest BCUT2D eigenvalue weighted by Crippen LogP contribution is -2.51. The highest BCUT2D eigenvalue weighted by Crippen LogP contribution is 2.17. The van der Waals surface area contributed by atoms with E-state index in [1.165, 1.54) is 11.1 Å². The molecule has 122 valence electrons. The average molecular weight is 312 g/mol. The van der Waals surface area contributed by atoms with Gasteiger partial charge >= 0.3 is 0 Å². The summed E-state index contributed by atoms with van der Waals surface area (Å²) >= 11 is 0. The second-order valence-corrected chi connectivity index (χ2v) is 6.54. The molecule has 1 aromatic carbocycles. The van der Waals surface area contributed by atoms with E-state index in [4.69, 9.17) is 0 Å². The molecule has 1 aliphatic heterocycles. The van der Waals surface area contributed by atoms with Crippen LogP contribution in [0.4, 0.5) is 0 Å². The van der Waals surface area contributed by atoms with Gasteiger partial charge < -0.3 is 10.2 Å². The number of hydrogen-bond donors (Lipinski definition) is 1. The maximum absolute atomic E-state index is 12.7. The van der Waals surface area contributed by atoms with Crippen LogP contribution in [0.1, 0.15) is 34.2 Å². The SMILES string of the molecule is Cc1cc(C)cc(-n2nc(C(=O)N3CCN[C@H](C)C3)cc2C)c1. The molecule has 1 atom stereocenters. The highest BCUT2D eigenvalue weighted by molar-refractivity contribution is 5.92. The molecule has 0 unspecified atom stereocenters. The zero-order valence-electron chi connectivity index (χ0n) is 14.3. The van der Waals surface area contributed by atoms with Crippen LogP contribution in [0, 0.1) is 20.8 Å². The van der Waals surface area contributed by atoms with Crippen molar-refractivity contribution in [2.75, 3.05) is 19.6 Å². The monoisotopic (exact) mass is 312 g/mol. The van der Waals surface area contributed by atoms with Gasteiger partial charge in [0.2, 0.25) is 0 Å². The minimum absolute atomic E-state index is 0.0181. The van der Waals surface area contributed by atoms with E-state index in [-0.39, 0.29) is 5.91 Å². The number of nitrogens with one attached hydrogen (secondary N) is 1. The summed E-state index contributed by atoms with van der Waals surface area (Å²) in [6.45, 7) is 10.5. The lowest BCUT2D eigenvalue weighted by atomic mass is 10.1. The molecule has 1 fully saturated rings.